The fourth-order valence-electron chi connectivity index (χ4n) is 2.84. The Morgan fingerprint density at radius 1 is 1.00 bits per heavy atom. The van der Waals surface area contributed by atoms with Crippen molar-refractivity contribution in [1.82, 2.24) is 0 Å². The molecule has 3 rings (SSSR count). The zero-order valence-corrected chi connectivity index (χ0v) is 9.37. The topological polar surface area (TPSA) is 20.2 Å². The van der Waals surface area contributed by atoms with E-state index < -0.39 is 0 Å². The van der Waals surface area contributed by atoms with E-state index in [-0.39, 0.29) is 6.61 Å². The molecule has 0 radical (unpaired) electrons. The minimum atomic E-state index is 0.164. The molecule has 0 fully saturated rings. The van der Waals surface area contributed by atoms with Gasteiger partial charge in [-0.3, -0.25) is 0 Å². The van der Waals surface area contributed by atoms with Gasteiger partial charge in [0.2, 0.25) is 0 Å². The highest BCUT2D eigenvalue weighted by Gasteiger charge is 2.17. The normalized spacial score (nSPS) is 17.1. The van der Waals surface area contributed by atoms with E-state index in [2.05, 4.69) is 30.4 Å². The van der Waals surface area contributed by atoms with Gasteiger partial charge in [0.1, 0.15) is 0 Å². The molecule has 0 heterocycles. The maximum atomic E-state index is 9.45. The van der Waals surface area contributed by atoms with E-state index in [0.29, 0.717) is 0 Å². The Morgan fingerprint density at radius 3 is 2.62 bits per heavy atom. The lowest BCUT2D eigenvalue weighted by molar-refractivity contribution is 0.280. The Bertz CT molecular complexity index is 481. The molecule has 0 aromatic heterocycles. The van der Waals surface area contributed by atoms with Crippen molar-refractivity contribution in [2.24, 2.45) is 0 Å². The van der Waals surface area contributed by atoms with Crippen LogP contribution in [0, 0.1) is 0 Å². The minimum Gasteiger partial charge on any atom is -0.392 e. The first-order valence-corrected chi connectivity index (χ1v) is 5.99. The summed E-state index contributed by atoms with van der Waals surface area (Å²) in [7, 11) is 0. The molecule has 2 aliphatic rings. The first kappa shape index (κ1) is 9.86. The molecule has 2 aliphatic carbocycles. The number of rotatable bonds is 1. The van der Waals surface area contributed by atoms with Crippen LogP contribution in [-0.4, -0.2) is 5.11 Å². The molecule has 1 aromatic rings. The van der Waals surface area contributed by atoms with Crippen LogP contribution in [0.1, 0.15) is 34.2 Å². The molecular weight excluding hydrogens is 196 g/mol. The van der Waals surface area contributed by atoms with E-state index in [1.54, 1.807) is 0 Å². The van der Waals surface area contributed by atoms with Crippen LogP contribution >= 0.6 is 0 Å². The standard InChI is InChI=1S/C15H16O/c16-10-12-9-11-5-1-2-6-13(11)15-8-4-3-7-14(12)15/h1,3-5,9,16H,2,6-8,10H2. The number of fused-ring (bicyclic) bond motifs is 3. The van der Waals surface area contributed by atoms with Crippen molar-refractivity contribution in [3.8, 4) is 0 Å². The van der Waals surface area contributed by atoms with Gasteiger partial charge in [-0.1, -0.05) is 24.3 Å². The van der Waals surface area contributed by atoms with Crippen molar-refractivity contribution in [2.75, 3.05) is 0 Å². The zero-order chi connectivity index (χ0) is 11.0. The predicted octanol–water partition coefficient (Wildman–Crippen LogP) is 2.79. The summed E-state index contributed by atoms with van der Waals surface area (Å²) in [6.45, 7) is 0.164. The Kier molecular flexibility index (Phi) is 2.41. The van der Waals surface area contributed by atoms with Gasteiger partial charge in [0.05, 0.1) is 6.61 Å². The molecule has 0 saturated heterocycles. The second kappa shape index (κ2) is 3.91. The van der Waals surface area contributed by atoms with Crippen LogP contribution < -0.4 is 0 Å². The van der Waals surface area contributed by atoms with Crippen LogP contribution in [0.15, 0.2) is 24.3 Å². The number of hydrogen-bond acceptors (Lipinski definition) is 1. The maximum Gasteiger partial charge on any atom is 0.0684 e. The highest BCUT2D eigenvalue weighted by atomic mass is 16.3. The van der Waals surface area contributed by atoms with E-state index >= 15 is 0 Å². The highest BCUT2D eigenvalue weighted by molar-refractivity contribution is 5.63. The van der Waals surface area contributed by atoms with Crippen LogP contribution in [0.25, 0.3) is 6.08 Å². The van der Waals surface area contributed by atoms with E-state index in [4.69, 9.17) is 0 Å². The van der Waals surface area contributed by atoms with Gasteiger partial charge in [0.25, 0.3) is 0 Å². The molecule has 0 saturated carbocycles. The van der Waals surface area contributed by atoms with Gasteiger partial charge in [-0.2, -0.15) is 0 Å². The number of allylic oxidation sites excluding steroid dienone is 3. The zero-order valence-electron chi connectivity index (χ0n) is 9.37. The second-order valence-electron chi connectivity index (χ2n) is 4.54. The van der Waals surface area contributed by atoms with Crippen molar-refractivity contribution in [3.63, 3.8) is 0 Å². The molecule has 0 spiro atoms. The van der Waals surface area contributed by atoms with Gasteiger partial charge in [-0.15, -0.1) is 0 Å². The third-order valence-corrected chi connectivity index (χ3v) is 3.63. The molecule has 1 N–H and O–H groups in total. The monoisotopic (exact) mass is 212 g/mol. The lowest BCUT2D eigenvalue weighted by Gasteiger charge is -2.23. The summed E-state index contributed by atoms with van der Waals surface area (Å²) in [4.78, 5) is 0. The molecule has 1 nitrogen and oxygen atoms in total. The van der Waals surface area contributed by atoms with Gasteiger partial charge < -0.3 is 5.11 Å². The molecule has 0 atom stereocenters. The second-order valence-corrected chi connectivity index (χ2v) is 4.54. The van der Waals surface area contributed by atoms with Crippen molar-refractivity contribution < 1.29 is 5.11 Å². The molecule has 0 bridgehead atoms. The van der Waals surface area contributed by atoms with Crippen molar-refractivity contribution in [2.45, 2.75) is 32.3 Å². The Hall–Kier alpha value is -1.34. The van der Waals surface area contributed by atoms with Gasteiger partial charge in [0.15, 0.2) is 0 Å². The lowest BCUT2D eigenvalue weighted by Crippen LogP contribution is -2.10. The Labute approximate surface area is 96.1 Å². The van der Waals surface area contributed by atoms with Crippen LogP contribution in [0.5, 0.6) is 0 Å². The van der Waals surface area contributed by atoms with Gasteiger partial charge in [-0.05, 0) is 59.6 Å². The fraction of sp³-hybridized carbons (Fsp3) is 0.333. The number of hydrogen-bond donors (Lipinski definition) is 1. The minimum absolute atomic E-state index is 0.164. The van der Waals surface area contributed by atoms with E-state index in [0.717, 1.165) is 31.2 Å². The van der Waals surface area contributed by atoms with Crippen LogP contribution in [0.3, 0.4) is 0 Å². The summed E-state index contributed by atoms with van der Waals surface area (Å²) in [5.41, 5.74) is 6.81. The quantitative estimate of drug-likeness (QED) is 0.710. The van der Waals surface area contributed by atoms with Crippen molar-refractivity contribution in [1.29, 1.82) is 0 Å². The summed E-state index contributed by atoms with van der Waals surface area (Å²) in [6.07, 6.45) is 13.2. The SMILES string of the molecule is OCc1cc2c(c3c1CC=CC3)CCC=C2. The lowest BCUT2D eigenvalue weighted by atomic mass is 9.82. The number of aliphatic hydroxyl groups excluding tert-OH is 1. The van der Waals surface area contributed by atoms with Crippen LogP contribution in [0.2, 0.25) is 0 Å². The third kappa shape index (κ3) is 1.43. The highest BCUT2D eigenvalue weighted by Crippen LogP contribution is 2.31. The van der Waals surface area contributed by atoms with E-state index in [1.165, 1.54) is 22.3 Å². The molecule has 82 valence electrons. The Balaban J connectivity index is 2.24. The molecule has 0 unspecified atom stereocenters. The van der Waals surface area contributed by atoms with E-state index in [9.17, 15) is 5.11 Å². The van der Waals surface area contributed by atoms with Gasteiger partial charge in [0, 0.05) is 0 Å². The van der Waals surface area contributed by atoms with Gasteiger partial charge >= 0.3 is 0 Å². The maximum absolute atomic E-state index is 9.45. The Morgan fingerprint density at radius 2 is 1.81 bits per heavy atom. The average molecular weight is 212 g/mol. The number of benzene rings is 1. The first-order valence-electron chi connectivity index (χ1n) is 5.99. The van der Waals surface area contributed by atoms with Crippen LogP contribution in [-0.2, 0) is 25.9 Å². The van der Waals surface area contributed by atoms with Crippen molar-refractivity contribution >= 4 is 6.08 Å². The molecule has 0 amide bonds. The molecule has 0 aliphatic heterocycles. The number of aliphatic hydroxyl groups is 1. The molecular formula is C15H16O. The summed E-state index contributed by atoms with van der Waals surface area (Å²) >= 11 is 0. The predicted molar refractivity (Wildman–Crippen MR) is 66.3 cm³/mol. The van der Waals surface area contributed by atoms with E-state index in [1.807, 2.05) is 0 Å². The summed E-state index contributed by atoms with van der Waals surface area (Å²) < 4.78 is 0. The van der Waals surface area contributed by atoms with Crippen LogP contribution in [0.4, 0.5) is 0 Å². The molecule has 16 heavy (non-hydrogen) atoms. The summed E-state index contributed by atoms with van der Waals surface area (Å²) in [5.74, 6) is 0. The summed E-state index contributed by atoms with van der Waals surface area (Å²) in [6, 6.07) is 2.17. The molecule has 1 heteroatoms. The third-order valence-electron chi connectivity index (χ3n) is 3.63. The largest absolute Gasteiger partial charge is 0.392 e. The summed E-state index contributed by atoms with van der Waals surface area (Å²) in [5, 5.41) is 9.45. The first-order chi connectivity index (χ1) is 7.90. The smallest absolute Gasteiger partial charge is 0.0684 e. The molecule has 1 aromatic carbocycles. The average Bonchev–Trinajstić information content (AvgIpc) is 2.38. The fourth-order valence-corrected chi connectivity index (χ4v) is 2.84. The van der Waals surface area contributed by atoms with Gasteiger partial charge in [-0.25, -0.2) is 0 Å². The van der Waals surface area contributed by atoms with Crippen molar-refractivity contribution in [3.05, 3.63) is 52.1 Å².